The Balaban J connectivity index is 1.68. The molecule has 11 nitrogen and oxygen atoms in total. The molecule has 0 aliphatic carbocycles. The zero-order valence-electron chi connectivity index (χ0n) is 31.6. The average Bonchev–Trinajstić information content (AvgIpc) is 3.18. The van der Waals surface area contributed by atoms with Crippen molar-refractivity contribution in [2.24, 2.45) is 0 Å². The Morgan fingerprint density at radius 3 is 1.93 bits per heavy atom. The summed E-state index contributed by atoms with van der Waals surface area (Å²) in [6.07, 6.45) is 8.95. The van der Waals surface area contributed by atoms with Crippen LogP contribution in [-0.2, 0) is 38.4 Å². The van der Waals surface area contributed by atoms with E-state index in [0.29, 0.717) is 16.7 Å². The molecule has 0 heterocycles. The van der Waals surface area contributed by atoms with E-state index in [1.165, 1.54) is 56.4 Å². The maximum absolute atomic E-state index is 14.5. The molecule has 0 saturated heterocycles. The number of benzene rings is 4. The summed E-state index contributed by atoms with van der Waals surface area (Å²) in [5, 5.41) is 33.5. The molecular formula is C44H49N3O8. The number of phenols is 2. The normalized spacial score (nSPS) is 12.9. The number of allylic oxidation sites excluding steroid dienone is 1. The number of nitrogens with zero attached hydrogens (tertiary/aromatic N) is 2. The van der Waals surface area contributed by atoms with E-state index in [1.54, 1.807) is 48.5 Å². The van der Waals surface area contributed by atoms with Crippen molar-refractivity contribution in [2.75, 3.05) is 21.2 Å². The summed E-state index contributed by atoms with van der Waals surface area (Å²) in [7, 11) is 4.22. The van der Waals surface area contributed by atoms with Crippen molar-refractivity contribution in [3.63, 3.8) is 0 Å². The molecule has 0 fully saturated rings. The van der Waals surface area contributed by atoms with Crippen LogP contribution in [0.15, 0.2) is 109 Å². The molecule has 0 aliphatic rings. The molecule has 0 unspecified atom stereocenters. The molecule has 11 heteroatoms. The Morgan fingerprint density at radius 1 is 0.727 bits per heavy atom. The Bertz CT molecular complexity index is 1980. The highest BCUT2D eigenvalue weighted by Gasteiger charge is 2.37. The van der Waals surface area contributed by atoms with Gasteiger partial charge in [-0.25, -0.2) is 4.79 Å². The first-order valence-corrected chi connectivity index (χ1v) is 18.1. The van der Waals surface area contributed by atoms with Gasteiger partial charge >= 0.3 is 5.97 Å². The SMILES string of the molecule is CCC/C=C\c1ccccc1/C=C/C(=O)N[C@H](Cc1ccc(O)cc1)C(=O)N(C)[C@@H](Cc1ccc(OC)c(O)c1)C(=O)N(C)[C@@H](Cc1ccccc1)C(=O)O. The van der Waals surface area contributed by atoms with E-state index in [1.807, 2.05) is 36.4 Å². The Labute approximate surface area is 322 Å². The van der Waals surface area contributed by atoms with Gasteiger partial charge in [0, 0.05) is 39.4 Å². The van der Waals surface area contributed by atoms with Crippen molar-refractivity contribution in [2.45, 2.75) is 57.2 Å². The van der Waals surface area contributed by atoms with Gasteiger partial charge in [0.2, 0.25) is 17.7 Å². The summed E-state index contributed by atoms with van der Waals surface area (Å²) >= 11 is 0. The molecular weight excluding hydrogens is 698 g/mol. The molecule has 4 aromatic carbocycles. The van der Waals surface area contributed by atoms with Crippen molar-refractivity contribution < 1.29 is 39.2 Å². The predicted molar refractivity (Wildman–Crippen MR) is 212 cm³/mol. The lowest BCUT2D eigenvalue weighted by Crippen LogP contribution is -2.57. The van der Waals surface area contributed by atoms with Crippen molar-refractivity contribution in [3.8, 4) is 17.2 Å². The van der Waals surface area contributed by atoms with Crippen LogP contribution >= 0.6 is 0 Å². The molecule has 0 saturated carbocycles. The van der Waals surface area contributed by atoms with Crippen LogP contribution in [0.25, 0.3) is 12.2 Å². The summed E-state index contributed by atoms with van der Waals surface area (Å²) < 4.78 is 5.18. The van der Waals surface area contributed by atoms with E-state index in [0.717, 1.165) is 28.9 Å². The number of unbranched alkanes of at least 4 members (excludes halogenated alkanes) is 1. The number of amides is 3. The number of carbonyl (C=O) groups is 4. The van der Waals surface area contributed by atoms with Gasteiger partial charge in [-0.2, -0.15) is 0 Å². The fraction of sp³-hybridized carbons (Fsp3) is 0.273. The van der Waals surface area contributed by atoms with Crippen LogP contribution < -0.4 is 10.1 Å². The van der Waals surface area contributed by atoms with Crippen LogP contribution in [-0.4, -0.2) is 88.1 Å². The van der Waals surface area contributed by atoms with Gasteiger partial charge in [0.05, 0.1) is 7.11 Å². The molecule has 0 bridgehead atoms. The first-order chi connectivity index (χ1) is 26.4. The third-order valence-electron chi connectivity index (χ3n) is 9.30. The summed E-state index contributed by atoms with van der Waals surface area (Å²) in [5.41, 5.74) is 3.56. The number of likely N-dealkylation sites (N-methyl/N-ethyl adjacent to an activating group) is 2. The number of methoxy groups -OCH3 is 1. The van der Waals surface area contributed by atoms with Gasteiger partial charge in [0.15, 0.2) is 11.5 Å². The van der Waals surface area contributed by atoms with Gasteiger partial charge < -0.3 is 35.2 Å². The molecule has 3 atom stereocenters. The summed E-state index contributed by atoms with van der Waals surface area (Å²) in [4.78, 5) is 57.3. The monoisotopic (exact) mass is 747 g/mol. The van der Waals surface area contributed by atoms with Gasteiger partial charge in [0.1, 0.15) is 23.9 Å². The first-order valence-electron chi connectivity index (χ1n) is 18.1. The predicted octanol–water partition coefficient (Wildman–Crippen LogP) is 5.88. The van der Waals surface area contributed by atoms with E-state index in [2.05, 4.69) is 18.3 Å². The molecule has 0 radical (unpaired) electrons. The van der Waals surface area contributed by atoms with Crippen LogP contribution in [0.2, 0.25) is 0 Å². The first kappa shape index (κ1) is 41.4. The molecule has 0 spiro atoms. The average molecular weight is 748 g/mol. The van der Waals surface area contributed by atoms with Crippen molar-refractivity contribution in [1.82, 2.24) is 15.1 Å². The van der Waals surface area contributed by atoms with E-state index >= 15 is 0 Å². The highest BCUT2D eigenvalue weighted by Crippen LogP contribution is 2.28. The molecule has 4 rings (SSSR count). The Kier molecular flexibility index (Phi) is 15.2. The number of carboxylic acids is 1. The van der Waals surface area contributed by atoms with Gasteiger partial charge in [-0.15, -0.1) is 0 Å². The molecule has 4 aromatic rings. The zero-order chi connectivity index (χ0) is 39.9. The second-order valence-corrected chi connectivity index (χ2v) is 13.3. The van der Waals surface area contributed by atoms with Crippen molar-refractivity contribution in [1.29, 1.82) is 0 Å². The number of aromatic hydroxyl groups is 2. The number of hydrogen-bond acceptors (Lipinski definition) is 7. The summed E-state index contributed by atoms with van der Waals surface area (Å²) in [5.74, 6) is -2.97. The van der Waals surface area contributed by atoms with Crippen molar-refractivity contribution in [3.05, 3.63) is 137 Å². The highest BCUT2D eigenvalue weighted by molar-refractivity contribution is 5.97. The smallest absolute Gasteiger partial charge is 0.326 e. The third-order valence-corrected chi connectivity index (χ3v) is 9.30. The lowest BCUT2D eigenvalue weighted by molar-refractivity contribution is -0.153. The molecule has 4 N–H and O–H groups in total. The number of phenolic OH excluding ortho intramolecular Hbond substituents is 2. The lowest BCUT2D eigenvalue weighted by Gasteiger charge is -2.35. The van der Waals surface area contributed by atoms with Crippen LogP contribution in [0, 0.1) is 0 Å². The van der Waals surface area contributed by atoms with Crippen LogP contribution in [0.5, 0.6) is 17.2 Å². The molecule has 288 valence electrons. The summed E-state index contributed by atoms with van der Waals surface area (Å²) in [6.45, 7) is 2.09. The lowest BCUT2D eigenvalue weighted by atomic mass is 9.98. The number of hydrogen-bond donors (Lipinski definition) is 4. The van der Waals surface area contributed by atoms with Crippen LogP contribution in [0.3, 0.4) is 0 Å². The number of rotatable bonds is 18. The molecule has 3 amide bonds. The van der Waals surface area contributed by atoms with Gasteiger partial charge in [-0.05, 0) is 64.6 Å². The standard InChI is InChI=1S/C44H49N3O8/c1-5-6-8-15-33-16-11-12-17-34(33)21-25-41(50)45-36(26-31-18-22-35(48)23-19-31)42(51)46(2)37(28-32-20-24-40(55-4)39(49)29-32)43(52)47(3)38(44(53)54)27-30-13-9-7-10-14-30/h7-25,29,36-38,48-49H,5-6,26-28H2,1-4H3,(H,45,50)(H,53,54)/b15-8-,25-21+/t36-,37+,38+/m1/s1. The van der Waals surface area contributed by atoms with E-state index in [-0.39, 0.29) is 36.5 Å². The second kappa shape index (κ2) is 20.2. The second-order valence-electron chi connectivity index (χ2n) is 13.3. The molecule has 0 aliphatic heterocycles. The van der Waals surface area contributed by atoms with Gasteiger partial charge in [-0.3, -0.25) is 14.4 Å². The number of aliphatic carboxylic acids is 1. The highest BCUT2D eigenvalue weighted by atomic mass is 16.5. The van der Waals surface area contributed by atoms with E-state index in [4.69, 9.17) is 4.74 Å². The summed E-state index contributed by atoms with van der Waals surface area (Å²) in [6, 6.07) is 23.7. The maximum Gasteiger partial charge on any atom is 0.326 e. The topological polar surface area (TPSA) is 157 Å². The van der Waals surface area contributed by atoms with Gasteiger partial charge in [-0.1, -0.05) is 98.3 Å². The van der Waals surface area contributed by atoms with Crippen LogP contribution in [0.4, 0.5) is 0 Å². The molecule has 0 aromatic heterocycles. The minimum atomic E-state index is -1.26. The largest absolute Gasteiger partial charge is 0.508 e. The third kappa shape index (κ3) is 11.8. The number of nitrogens with one attached hydrogen (secondary N) is 1. The minimum absolute atomic E-state index is 0.0191. The Hall–Kier alpha value is -6.36. The van der Waals surface area contributed by atoms with E-state index < -0.39 is 41.8 Å². The maximum atomic E-state index is 14.5. The van der Waals surface area contributed by atoms with Gasteiger partial charge in [0.25, 0.3) is 0 Å². The zero-order valence-corrected chi connectivity index (χ0v) is 31.6. The Morgan fingerprint density at radius 2 is 1.31 bits per heavy atom. The number of ether oxygens (including phenoxy) is 1. The molecule has 55 heavy (non-hydrogen) atoms. The van der Waals surface area contributed by atoms with Crippen LogP contribution in [0.1, 0.15) is 47.6 Å². The van der Waals surface area contributed by atoms with E-state index in [9.17, 15) is 34.5 Å². The quantitative estimate of drug-likeness (QED) is 0.0920. The number of carbonyl (C=O) groups excluding carboxylic acids is 3. The fourth-order valence-electron chi connectivity index (χ4n) is 6.14. The fourth-order valence-corrected chi connectivity index (χ4v) is 6.14. The number of carboxylic acid groups (broad SMARTS) is 1. The minimum Gasteiger partial charge on any atom is -0.508 e. The van der Waals surface area contributed by atoms with Crippen molar-refractivity contribution >= 4 is 35.8 Å².